The summed E-state index contributed by atoms with van der Waals surface area (Å²) in [6, 6.07) is 8.17. The number of aliphatic imine (C=N–C) groups is 1. The smallest absolute Gasteiger partial charge is 0.319 e. The molecule has 2 rings (SSSR count). The number of nitrogens with one attached hydrogen (secondary N) is 4. The van der Waals surface area contributed by atoms with Crippen molar-refractivity contribution in [1.29, 1.82) is 0 Å². The van der Waals surface area contributed by atoms with Crippen LogP contribution in [0.3, 0.4) is 0 Å². The number of nitrogens with zero attached hydrogens (tertiary/aromatic N) is 2. The Morgan fingerprint density at radius 2 is 1.76 bits per heavy atom. The average molecular weight is 575 g/mol. The molecule has 9 heteroatoms. The van der Waals surface area contributed by atoms with E-state index in [0.717, 1.165) is 63.0 Å². The number of carbonyl (C=O) groups excluding carboxylic acids is 1. The molecule has 1 unspecified atom stereocenters. The van der Waals surface area contributed by atoms with Crippen molar-refractivity contribution in [1.82, 2.24) is 20.9 Å². The van der Waals surface area contributed by atoms with Gasteiger partial charge in [0.05, 0.1) is 19.8 Å². The molecule has 1 aromatic carbocycles. The van der Waals surface area contributed by atoms with Gasteiger partial charge in [-0.2, -0.15) is 0 Å². The predicted molar refractivity (Wildman–Crippen MR) is 148 cm³/mol. The van der Waals surface area contributed by atoms with E-state index in [2.05, 4.69) is 46.9 Å². The summed E-state index contributed by atoms with van der Waals surface area (Å²) in [6.45, 7) is 16.3. The number of halogens is 1. The Labute approximate surface area is 216 Å². The third-order valence-electron chi connectivity index (χ3n) is 5.21. The zero-order valence-corrected chi connectivity index (χ0v) is 23.1. The fourth-order valence-electron chi connectivity index (χ4n) is 3.70. The Balaban J connectivity index is 0.00000544. The molecular weight excluding hydrogens is 531 g/mol. The van der Waals surface area contributed by atoms with Crippen molar-refractivity contribution >= 4 is 41.7 Å². The van der Waals surface area contributed by atoms with Gasteiger partial charge in [0.2, 0.25) is 0 Å². The minimum Gasteiger partial charge on any atom is -0.379 e. The van der Waals surface area contributed by atoms with Gasteiger partial charge in [-0.25, -0.2) is 9.79 Å². The molecule has 1 atom stereocenters. The van der Waals surface area contributed by atoms with Gasteiger partial charge < -0.3 is 26.0 Å². The summed E-state index contributed by atoms with van der Waals surface area (Å²) in [5.41, 5.74) is 1.85. The maximum Gasteiger partial charge on any atom is 0.319 e. The molecule has 33 heavy (non-hydrogen) atoms. The summed E-state index contributed by atoms with van der Waals surface area (Å²) in [5.74, 6) is 1.46. The molecule has 0 radical (unpaired) electrons. The topological polar surface area (TPSA) is 90.0 Å². The van der Waals surface area contributed by atoms with Crippen LogP contribution in [0.25, 0.3) is 0 Å². The molecule has 1 heterocycles. The molecule has 0 spiro atoms. The molecular formula is C24H43IN6O2. The van der Waals surface area contributed by atoms with Crippen molar-refractivity contribution in [2.24, 2.45) is 10.9 Å². The van der Waals surface area contributed by atoms with E-state index >= 15 is 0 Å². The van der Waals surface area contributed by atoms with E-state index in [9.17, 15) is 4.79 Å². The highest BCUT2D eigenvalue weighted by molar-refractivity contribution is 14.0. The predicted octanol–water partition coefficient (Wildman–Crippen LogP) is 3.64. The van der Waals surface area contributed by atoms with Gasteiger partial charge in [-0.3, -0.25) is 4.90 Å². The van der Waals surface area contributed by atoms with Crippen LogP contribution in [0.4, 0.5) is 10.5 Å². The van der Waals surface area contributed by atoms with Crippen LogP contribution in [0.5, 0.6) is 0 Å². The minimum atomic E-state index is -0.194. The standard InChI is InChI=1S/C24H42N6O2.HI/c1-6-25-23(27-17-22(15-18(2)3)30-11-13-32-14-12-30)26-16-20-7-9-21(10-8-20)29-24(31)28-19(4)5;/h7-10,18-19,22H,6,11-17H2,1-5H3,(H2,25,26,27)(H2,28,29,31);1H. The number of hydrogen-bond acceptors (Lipinski definition) is 4. The van der Waals surface area contributed by atoms with Crippen LogP contribution in [0.2, 0.25) is 0 Å². The first-order valence-corrected chi connectivity index (χ1v) is 11.9. The van der Waals surface area contributed by atoms with Gasteiger partial charge in [0, 0.05) is 44.0 Å². The van der Waals surface area contributed by atoms with Gasteiger partial charge in [-0.1, -0.05) is 26.0 Å². The van der Waals surface area contributed by atoms with Crippen molar-refractivity contribution in [3.8, 4) is 0 Å². The Bertz CT molecular complexity index is 705. The number of guanidine groups is 1. The van der Waals surface area contributed by atoms with Crippen molar-refractivity contribution in [2.45, 2.75) is 59.7 Å². The summed E-state index contributed by atoms with van der Waals surface area (Å²) < 4.78 is 5.53. The number of benzene rings is 1. The number of carbonyl (C=O) groups is 1. The van der Waals surface area contributed by atoms with Crippen molar-refractivity contribution < 1.29 is 9.53 Å². The molecule has 0 bridgehead atoms. The maximum atomic E-state index is 11.8. The molecule has 1 aromatic rings. The first kappa shape index (κ1) is 29.4. The SMILES string of the molecule is CCNC(=NCc1ccc(NC(=O)NC(C)C)cc1)NCC(CC(C)C)N1CCOCC1.I. The second-order valence-electron chi connectivity index (χ2n) is 8.96. The van der Waals surface area contributed by atoms with Gasteiger partial charge in [0.15, 0.2) is 5.96 Å². The lowest BCUT2D eigenvalue weighted by molar-refractivity contribution is 0.0132. The van der Waals surface area contributed by atoms with E-state index in [-0.39, 0.29) is 36.0 Å². The van der Waals surface area contributed by atoms with E-state index in [1.165, 1.54) is 0 Å². The number of amides is 2. The van der Waals surface area contributed by atoms with Crippen LogP contribution in [-0.2, 0) is 11.3 Å². The number of hydrogen-bond donors (Lipinski definition) is 4. The highest BCUT2D eigenvalue weighted by atomic mass is 127. The van der Waals surface area contributed by atoms with E-state index in [1.807, 2.05) is 38.1 Å². The van der Waals surface area contributed by atoms with Gasteiger partial charge in [-0.15, -0.1) is 24.0 Å². The van der Waals surface area contributed by atoms with Gasteiger partial charge in [0.1, 0.15) is 0 Å². The van der Waals surface area contributed by atoms with Crippen molar-refractivity contribution in [2.75, 3.05) is 44.7 Å². The Kier molecular flexibility index (Phi) is 14.4. The summed E-state index contributed by atoms with van der Waals surface area (Å²) in [5, 5.41) is 12.6. The highest BCUT2D eigenvalue weighted by Crippen LogP contribution is 2.13. The van der Waals surface area contributed by atoms with Gasteiger partial charge >= 0.3 is 6.03 Å². The van der Waals surface area contributed by atoms with Crippen LogP contribution in [0.15, 0.2) is 29.3 Å². The summed E-state index contributed by atoms with van der Waals surface area (Å²) in [4.78, 5) is 19.1. The van der Waals surface area contributed by atoms with Crippen LogP contribution in [0, 0.1) is 5.92 Å². The Morgan fingerprint density at radius 1 is 1.09 bits per heavy atom. The van der Waals surface area contributed by atoms with Crippen molar-refractivity contribution in [3.05, 3.63) is 29.8 Å². The lowest BCUT2D eigenvalue weighted by atomic mass is 10.0. The van der Waals surface area contributed by atoms with E-state index in [4.69, 9.17) is 9.73 Å². The zero-order chi connectivity index (χ0) is 23.3. The second-order valence-corrected chi connectivity index (χ2v) is 8.96. The van der Waals surface area contributed by atoms with Crippen molar-refractivity contribution in [3.63, 3.8) is 0 Å². The molecule has 1 saturated heterocycles. The summed E-state index contributed by atoms with van der Waals surface area (Å²) >= 11 is 0. The van der Waals surface area contributed by atoms with Crippen LogP contribution in [-0.4, -0.2) is 68.4 Å². The molecule has 1 aliphatic heterocycles. The quantitative estimate of drug-likeness (QED) is 0.195. The van der Waals surface area contributed by atoms with E-state index < -0.39 is 0 Å². The molecule has 188 valence electrons. The third kappa shape index (κ3) is 11.9. The second kappa shape index (κ2) is 16.1. The highest BCUT2D eigenvalue weighted by Gasteiger charge is 2.22. The monoisotopic (exact) mass is 574 g/mol. The minimum absolute atomic E-state index is 0. The fourth-order valence-corrected chi connectivity index (χ4v) is 3.70. The third-order valence-corrected chi connectivity index (χ3v) is 5.21. The van der Waals surface area contributed by atoms with Gasteiger partial charge in [0.25, 0.3) is 0 Å². The largest absolute Gasteiger partial charge is 0.379 e. The lowest BCUT2D eigenvalue weighted by Gasteiger charge is -2.35. The number of morpholine rings is 1. The number of urea groups is 1. The lowest BCUT2D eigenvalue weighted by Crippen LogP contribution is -2.51. The first-order chi connectivity index (χ1) is 15.4. The zero-order valence-electron chi connectivity index (χ0n) is 20.8. The van der Waals surface area contributed by atoms with E-state index in [1.54, 1.807) is 0 Å². The average Bonchev–Trinajstić information content (AvgIpc) is 2.75. The Morgan fingerprint density at radius 3 is 2.33 bits per heavy atom. The molecule has 2 amide bonds. The molecule has 4 N–H and O–H groups in total. The van der Waals surface area contributed by atoms with Crippen LogP contribution in [0.1, 0.15) is 46.6 Å². The number of anilines is 1. The number of ether oxygens (including phenoxy) is 1. The summed E-state index contributed by atoms with van der Waals surface area (Å²) in [6.07, 6.45) is 1.14. The normalized spacial score (nSPS) is 15.7. The molecule has 0 saturated carbocycles. The first-order valence-electron chi connectivity index (χ1n) is 11.9. The molecule has 1 fully saturated rings. The van der Waals surface area contributed by atoms with E-state index in [0.29, 0.717) is 18.5 Å². The fraction of sp³-hybridized carbons (Fsp3) is 0.667. The molecule has 0 aliphatic carbocycles. The number of rotatable bonds is 10. The molecule has 8 nitrogen and oxygen atoms in total. The Hall–Kier alpha value is -1.59. The van der Waals surface area contributed by atoms with Gasteiger partial charge in [-0.05, 0) is 50.8 Å². The molecule has 1 aliphatic rings. The van der Waals surface area contributed by atoms with Crippen LogP contribution >= 0.6 is 24.0 Å². The summed E-state index contributed by atoms with van der Waals surface area (Å²) in [7, 11) is 0. The maximum absolute atomic E-state index is 11.8. The van der Waals surface area contributed by atoms with Crippen LogP contribution < -0.4 is 21.3 Å². The molecule has 0 aromatic heterocycles.